The van der Waals surface area contributed by atoms with Crippen molar-refractivity contribution in [2.24, 2.45) is 5.10 Å². The summed E-state index contributed by atoms with van der Waals surface area (Å²) in [6.45, 7) is 4.25. The van der Waals surface area contributed by atoms with E-state index in [2.05, 4.69) is 33.1 Å². The molecule has 0 heterocycles. The highest BCUT2D eigenvalue weighted by molar-refractivity contribution is 14.1. The summed E-state index contributed by atoms with van der Waals surface area (Å²) in [4.78, 5) is 23.7. The highest BCUT2D eigenvalue weighted by atomic mass is 127. The Kier molecular flexibility index (Phi) is 9.39. The Morgan fingerprint density at radius 2 is 1.83 bits per heavy atom. The summed E-state index contributed by atoms with van der Waals surface area (Å²) in [6.07, 6.45) is 1.49. The molecule has 8 nitrogen and oxygen atoms in total. The molecule has 0 fully saturated rings. The van der Waals surface area contributed by atoms with Gasteiger partial charge in [0.05, 0.1) is 30.1 Å². The number of carbonyl (C=O) groups excluding carboxylic acids is 2. The van der Waals surface area contributed by atoms with E-state index in [-0.39, 0.29) is 19.1 Å². The van der Waals surface area contributed by atoms with Crippen LogP contribution in [0.1, 0.15) is 29.8 Å². The number of hydrazone groups is 1. The summed E-state index contributed by atoms with van der Waals surface area (Å²) in [7, 11) is 1.50. The third-order valence-electron chi connectivity index (χ3n) is 3.70. The van der Waals surface area contributed by atoms with Gasteiger partial charge in [-0.1, -0.05) is 0 Å². The minimum Gasteiger partial charge on any atom is -0.494 e. The van der Waals surface area contributed by atoms with E-state index in [9.17, 15) is 9.59 Å². The molecule has 0 spiro atoms. The number of hydrogen-bond acceptors (Lipinski definition) is 7. The van der Waals surface area contributed by atoms with Crippen molar-refractivity contribution in [1.82, 2.24) is 5.43 Å². The standard InChI is InChI=1S/C21H23IN2O6/c1-4-28-16-8-6-15(7-9-16)21(26)24-23-12-14-10-17(22)20(18(11-14)27-3)30-13-19(25)29-5-2/h6-12H,4-5,13H2,1-3H3,(H,24,26)/b23-12-. The van der Waals surface area contributed by atoms with Crippen LogP contribution in [0.4, 0.5) is 0 Å². The molecule has 30 heavy (non-hydrogen) atoms. The molecule has 0 saturated carbocycles. The van der Waals surface area contributed by atoms with Crippen molar-refractivity contribution < 1.29 is 28.5 Å². The van der Waals surface area contributed by atoms with Gasteiger partial charge in [-0.2, -0.15) is 5.10 Å². The third-order valence-corrected chi connectivity index (χ3v) is 4.50. The first-order valence-corrected chi connectivity index (χ1v) is 10.3. The minimum absolute atomic E-state index is 0.216. The second-order valence-corrected chi connectivity index (χ2v) is 6.95. The quantitative estimate of drug-likeness (QED) is 0.221. The Balaban J connectivity index is 2.03. The average molecular weight is 526 g/mol. The number of benzene rings is 2. The van der Waals surface area contributed by atoms with Crippen LogP contribution >= 0.6 is 22.6 Å². The first-order chi connectivity index (χ1) is 14.5. The average Bonchev–Trinajstić information content (AvgIpc) is 2.73. The smallest absolute Gasteiger partial charge is 0.344 e. The van der Waals surface area contributed by atoms with E-state index < -0.39 is 5.97 Å². The highest BCUT2D eigenvalue weighted by Crippen LogP contribution is 2.33. The van der Waals surface area contributed by atoms with Crippen molar-refractivity contribution in [3.05, 3.63) is 51.1 Å². The zero-order chi connectivity index (χ0) is 21.9. The molecule has 0 radical (unpaired) electrons. The normalized spacial score (nSPS) is 10.5. The number of hydrogen-bond donors (Lipinski definition) is 1. The number of ether oxygens (including phenoxy) is 4. The van der Waals surface area contributed by atoms with Crippen LogP contribution in [-0.2, 0) is 9.53 Å². The van der Waals surface area contributed by atoms with E-state index >= 15 is 0 Å². The van der Waals surface area contributed by atoms with Crippen LogP contribution in [0, 0.1) is 3.57 Å². The zero-order valence-electron chi connectivity index (χ0n) is 16.9. The summed E-state index contributed by atoms with van der Waals surface area (Å²) in [6, 6.07) is 10.3. The monoisotopic (exact) mass is 526 g/mol. The molecular weight excluding hydrogens is 503 g/mol. The minimum atomic E-state index is -0.460. The second-order valence-electron chi connectivity index (χ2n) is 5.78. The van der Waals surface area contributed by atoms with E-state index in [1.807, 2.05) is 6.92 Å². The van der Waals surface area contributed by atoms with Crippen molar-refractivity contribution in [1.29, 1.82) is 0 Å². The zero-order valence-corrected chi connectivity index (χ0v) is 19.1. The van der Waals surface area contributed by atoms with Crippen LogP contribution in [-0.4, -0.2) is 45.0 Å². The van der Waals surface area contributed by atoms with Gasteiger partial charge in [0.25, 0.3) is 5.91 Å². The van der Waals surface area contributed by atoms with E-state index in [1.54, 1.807) is 43.3 Å². The fourth-order valence-corrected chi connectivity index (χ4v) is 3.17. The van der Waals surface area contributed by atoms with Gasteiger partial charge in [0.1, 0.15) is 5.75 Å². The van der Waals surface area contributed by atoms with Crippen molar-refractivity contribution in [3.8, 4) is 17.2 Å². The number of esters is 1. The van der Waals surface area contributed by atoms with Crippen LogP contribution in [0.2, 0.25) is 0 Å². The molecule has 0 aliphatic rings. The number of nitrogens with zero attached hydrogens (tertiary/aromatic N) is 1. The third kappa shape index (κ3) is 6.90. The molecule has 0 atom stereocenters. The molecule has 0 bridgehead atoms. The predicted molar refractivity (Wildman–Crippen MR) is 121 cm³/mol. The first-order valence-electron chi connectivity index (χ1n) is 9.20. The molecule has 1 amide bonds. The van der Waals surface area contributed by atoms with Crippen LogP contribution in [0.5, 0.6) is 17.2 Å². The lowest BCUT2D eigenvalue weighted by Crippen LogP contribution is -2.17. The maximum Gasteiger partial charge on any atom is 0.344 e. The second kappa shape index (κ2) is 12.0. The van der Waals surface area contributed by atoms with E-state index in [1.165, 1.54) is 13.3 Å². The van der Waals surface area contributed by atoms with Gasteiger partial charge >= 0.3 is 5.97 Å². The van der Waals surface area contributed by atoms with Crippen LogP contribution in [0.15, 0.2) is 41.5 Å². The SMILES string of the molecule is CCOC(=O)COc1c(I)cc(/C=N\NC(=O)c2ccc(OCC)cc2)cc1OC. The van der Waals surface area contributed by atoms with Crippen molar-refractivity contribution in [2.75, 3.05) is 26.9 Å². The molecule has 2 aromatic rings. The summed E-state index contributed by atoms with van der Waals surface area (Å²) in [5, 5.41) is 3.99. The van der Waals surface area contributed by atoms with E-state index in [0.29, 0.717) is 35.0 Å². The maximum absolute atomic E-state index is 12.2. The number of rotatable bonds is 10. The Labute approximate surface area is 188 Å². The summed E-state index contributed by atoms with van der Waals surface area (Å²) in [5.74, 6) is 0.764. The lowest BCUT2D eigenvalue weighted by molar-refractivity contribution is -0.145. The summed E-state index contributed by atoms with van der Waals surface area (Å²) < 4.78 is 21.8. The fraction of sp³-hybridized carbons (Fsp3) is 0.286. The molecule has 0 saturated heterocycles. The van der Waals surface area contributed by atoms with Gasteiger partial charge in [0.15, 0.2) is 18.1 Å². The van der Waals surface area contributed by atoms with Crippen LogP contribution in [0.3, 0.4) is 0 Å². The molecule has 0 aliphatic carbocycles. The lowest BCUT2D eigenvalue weighted by atomic mass is 10.2. The van der Waals surface area contributed by atoms with Gasteiger partial charge < -0.3 is 18.9 Å². The Morgan fingerprint density at radius 1 is 1.10 bits per heavy atom. The van der Waals surface area contributed by atoms with Gasteiger partial charge in [0, 0.05) is 5.56 Å². The molecule has 2 aromatic carbocycles. The number of nitrogens with one attached hydrogen (secondary N) is 1. The Bertz CT molecular complexity index is 899. The summed E-state index contributed by atoms with van der Waals surface area (Å²) in [5.41, 5.74) is 3.63. The van der Waals surface area contributed by atoms with Crippen LogP contribution in [0.25, 0.3) is 0 Å². The van der Waals surface area contributed by atoms with Gasteiger partial charge in [-0.05, 0) is 78.4 Å². The summed E-state index contributed by atoms with van der Waals surface area (Å²) >= 11 is 2.07. The van der Waals surface area contributed by atoms with Gasteiger partial charge in [-0.15, -0.1) is 0 Å². The number of methoxy groups -OCH3 is 1. The topological polar surface area (TPSA) is 95.5 Å². The van der Waals surface area contributed by atoms with Gasteiger partial charge in [0.2, 0.25) is 0 Å². The van der Waals surface area contributed by atoms with Crippen molar-refractivity contribution >= 4 is 40.7 Å². The number of carbonyl (C=O) groups is 2. The van der Waals surface area contributed by atoms with E-state index in [0.717, 1.165) is 3.57 Å². The van der Waals surface area contributed by atoms with Crippen molar-refractivity contribution in [2.45, 2.75) is 13.8 Å². The van der Waals surface area contributed by atoms with E-state index in [4.69, 9.17) is 18.9 Å². The van der Waals surface area contributed by atoms with Crippen LogP contribution < -0.4 is 19.6 Å². The fourth-order valence-electron chi connectivity index (χ4n) is 2.39. The molecule has 9 heteroatoms. The Morgan fingerprint density at radius 3 is 2.47 bits per heavy atom. The molecule has 2 rings (SSSR count). The number of halogens is 1. The van der Waals surface area contributed by atoms with Gasteiger partial charge in [-0.25, -0.2) is 10.2 Å². The number of amides is 1. The lowest BCUT2D eigenvalue weighted by Gasteiger charge is -2.13. The largest absolute Gasteiger partial charge is 0.494 e. The molecule has 1 N–H and O–H groups in total. The highest BCUT2D eigenvalue weighted by Gasteiger charge is 2.13. The molecular formula is C21H23IN2O6. The molecule has 0 aliphatic heterocycles. The first kappa shape index (κ1) is 23.5. The van der Waals surface area contributed by atoms with Crippen molar-refractivity contribution in [3.63, 3.8) is 0 Å². The van der Waals surface area contributed by atoms with Gasteiger partial charge in [-0.3, -0.25) is 4.79 Å². The Hall–Kier alpha value is -2.82. The molecule has 160 valence electrons. The maximum atomic E-state index is 12.2. The molecule has 0 unspecified atom stereocenters. The predicted octanol–water partition coefficient (Wildman–Crippen LogP) is 3.40. The molecule has 0 aromatic heterocycles.